The zero-order chi connectivity index (χ0) is 8.99. The van der Waals surface area contributed by atoms with Crippen LogP contribution in [-0.2, 0) is 65.4 Å². The van der Waals surface area contributed by atoms with Crippen molar-refractivity contribution in [3.05, 3.63) is 27.2 Å². The van der Waals surface area contributed by atoms with E-state index in [1.54, 1.807) is 0 Å². The molecule has 0 heterocycles. The Hall–Kier alpha value is 2.21. The van der Waals surface area contributed by atoms with Crippen molar-refractivity contribution in [3.8, 4) is 0 Å². The summed E-state index contributed by atoms with van der Waals surface area (Å²) in [5, 5.41) is 0. The van der Waals surface area contributed by atoms with E-state index in [2.05, 4.69) is 34.6 Å². The summed E-state index contributed by atoms with van der Waals surface area (Å²) in [4.78, 5) is 0. The summed E-state index contributed by atoms with van der Waals surface area (Å²) in [6, 6.07) is 0. The molecule has 0 aromatic rings. The maximum atomic E-state index is 3.64. The molecule has 0 atom stereocenters. The van der Waals surface area contributed by atoms with Crippen LogP contribution < -0.4 is 0 Å². The molecule has 0 aliphatic rings. The van der Waals surface area contributed by atoms with Gasteiger partial charge in [-0.15, -0.1) is 0 Å². The Kier molecular flexibility index (Phi) is 92.3. The van der Waals surface area contributed by atoms with Gasteiger partial charge in [-0.05, 0) is 0 Å². The molecule has 0 saturated heterocycles. The van der Waals surface area contributed by atoms with E-state index in [1.165, 1.54) is 0 Å². The molecule has 72 valence electrons. The molecule has 0 aromatic heterocycles. The Bertz CT molecular complexity index is 24.3. The topological polar surface area (TPSA) is 0 Å². The fourth-order valence-electron chi connectivity index (χ4n) is 0. The first-order valence-electron chi connectivity index (χ1n) is 3.72. The Morgan fingerprint density at radius 3 is 1.08 bits per heavy atom. The van der Waals surface area contributed by atoms with E-state index in [9.17, 15) is 0 Å². The molecule has 0 bridgehead atoms. The van der Waals surface area contributed by atoms with Gasteiger partial charge in [0.05, 0.1) is 0 Å². The molecule has 0 spiro atoms. The summed E-state index contributed by atoms with van der Waals surface area (Å²) in [7, 11) is 0. The second-order valence-corrected chi connectivity index (χ2v) is 2.32. The third-order valence-electron chi connectivity index (χ3n) is 0. The van der Waals surface area contributed by atoms with E-state index in [0.717, 1.165) is 6.42 Å². The van der Waals surface area contributed by atoms with E-state index in [-0.39, 0.29) is 65.4 Å². The zero-order valence-electron chi connectivity index (χ0n) is 9.14. The van der Waals surface area contributed by atoms with Crippen LogP contribution in [0.3, 0.4) is 0 Å². The summed E-state index contributed by atoms with van der Waals surface area (Å²) in [6.45, 7) is 18.5. The Labute approximate surface area is 131 Å². The number of rotatable bonds is 0. The van der Waals surface area contributed by atoms with E-state index < -0.39 is 0 Å². The van der Waals surface area contributed by atoms with Crippen LogP contribution in [0.1, 0.15) is 34.1 Å². The largest absolute Gasteiger partial charge is 0.372 e. The van der Waals surface area contributed by atoms with Crippen molar-refractivity contribution < 1.29 is 65.4 Å². The van der Waals surface area contributed by atoms with E-state index >= 15 is 0 Å². The first-order chi connectivity index (χ1) is 4.56. The minimum Gasteiger partial charge on any atom is -0.372 e. The summed E-state index contributed by atoms with van der Waals surface area (Å²) >= 11 is 0. The average Bonchev–Trinajstić information content (AvgIpc) is 1.65. The van der Waals surface area contributed by atoms with Gasteiger partial charge in [-0.2, -0.15) is 19.8 Å². The summed E-state index contributed by atoms with van der Waals surface area (Å²) in [6.07, 6.45) is 2.75. The van der Waals surface area contributed by atoms with Crippen molar-refractivity contribution in [1.82, 2.24) is 0 Å². The zero-order valence-corrected chi connectivity index (χ0v) is 14.8. The van der Waals surface area contributed by atoms with Gasteiger partial charge in [-0.25, -0.2) is 0 Å². The quantitative estimate of drug-likeness (QED) is 0.597. The van der Waals surface area contributed by atoms with Crippen molar-refractivity contribution in [2.75, 3.05) is 0 Å². The second kappa shape index (κ2) is 37.9. The fraction of sp³-hybridized carbons (Fsp3) is 0.600. The van der Waals surface area contributed by atoms with Crippen LogP contribution in [0, 0.1) is 33.1 Å². The molecule has 0 unspecified atom stereocenters. The molecule has 0 saturated carbocycles. The molecule has 12 heavy (non-hydrogen) atoms. The van der Waals surface area contributed by atoms with Crippen molar-refractivity contribution in [3.63, 3.8) is 0 Å². The fourth-order valence-corrected chi connectivity index (χ4v) is 0. The predicted molar refractivity (Wildman–Crippen MR) is 51.2 cm³/mol. The third-order valence-corrected chi connectivity index (χ3v) is 0. The van der Waals surface area contributed by atoms with Gasteiger partial charge >= 0.3 is 0 Å². The molecule has 2 radical (unpaired) electrons. The van der Waals surface area contributed by atoms with Crippen molar-refractivity contribution in [1.29, 1.82) is 0 Å². The van der Waals surface area contributed by atoms with Crippen LogP contribution in [0.2, 0.25) is 0 Å². The summed E-state index contributed by atoms with van der Waals surface area (Å²) in [5.41, 5.74) is 0. The van der Waals surface area contributed by atoms with E-state index in [4.69, 9.17) is 0 Å². The molecular formula is C10H22Y2-4. The molecule has 0 nitrogen and oxygen atoms in total. The molecule has 0 aliphatic carbocycles. The SMILES string of the molecule is C[CH-]C.[CH2-]C(C)C.[CH2-]C[CH2-].[Y].[Y]. The molecule has 0 rings (SSSR count). The minimum absolute atomic E-state index is 0. The molecular weight excluding hydrogens is 298 g/mol. The van der Waals surface area contributed by atoms with E-state index in [1.807, 2.05) is 20.3 Å². The average molecular weight is 320 g/mol. The monoisotopic (exact) mass is 320 g/mol. The van der Waals surface area contributed by atoms with Crippen LogP contribution in [0.25, 0.3) is 0 Å². The van der Waals surface area contributed by atoms with Crippen molar-refractivity contribution in [2.45, 2.75) is 34.1 Å². The van der Waals surface area contributed by atoms with Gasteiger partial charge in [0.1, 0.15) is 0 Å². The standard InChI is InChI=1S/C4H9.C3H7.C3H6.2Y/c1-4(2)3;2*1-3-2;;/h4H,1H2,2-3H3;3H,1-2H3;1-3H2;;/q2*-1;-2;;. The smallest absolute Gasteiger partial charge is 0 e. The van der Waals surface area contributed by atoms with Gasteiger partial charge < -0.3 is 33.6 Å². The van der Waals surface area contributed by atoms with Crippen LogP contribution in [-0.4, -0.2) is 0 Å². The van der Waals surface area contributed by atoms with Gasteiger partial charge in [0.2, 0.25) is 0 Å². The first kappa shape index (κ1) is 29.2. The Morgan fingerprint density at radius 1 is 1.08 bits per heavy atom. The molecule has 0 amide bonds. The maximum Gasteiger partial charge on any atom is 0 e. The predicted octanol–water partition coefficient (Wildman–Crippen LogP) is 3.75. The maximum absolute atomic E-state index is 3.64. The molecule has 0 N–H and O–H groups in total. The Balaban J connectivity index is -0.0000000191. The van der Waals surface area contributed by atoms with Gasteiger partial charge in [0.25, 0.3) is 0 Å². The van der Waals surface area contributed by atoms with Gasteiger partial charge in [-0.1, -0.05) is 13.8 Å². The second-order valence-electron chi connectivity index (χ2n) is 2.32. The van der Waals surface area contributed by atoms with Gasteiger partial charge in [0.15, 0.2) is 0 Å². The van der Waals surface area contributed by atoms with Crippen molar-refractivity contribution >= 4 is 0 Å². The van der Waals surface area contributed by atoms with Gasteiger partial charge in [0, 0.05) is 65.4 Å². The van der Waals surface area contributed by atoms with Crippen LogP contribution in [0.4, 0.5) is 0 Å². The Morgan fingerprint density at radius 2 is 1.08 bits per heavy atom. The number of hydrogen-bond acceptors (Lipinski definition) is 0. The molecule has 0 fully saturated rings. The third kappa shape index (κ3) is 315. The van der Waals surface area contributed by atoms with Crippen LogP contribution in [0.5, 0.6) is 0 Å². The van der Waals surface area contributed by atoms with Gasteiger partial charge in [-0.3, -0.25) is 0 Å². The molecule has 0 aliphatic heterocycles. The first-order valence-corrected chi connectivity index (χ1v) is 3.72. The van der Waals surface area contributed by atoms with Crippen LogP contribution >= 0.6 is 0 Å². The normalized spacial score (nSPS) is 6.00. The summed E-state index contributed by atoms with van der Waals surface area (Å²) < 4.78 is 0. The number of hydrogen-bond donors (Lipinski definition) is 0. The molecule has 0 aromatic carbocycles. The van der Waals surface area contributed by atoms with Crippen molar-refractivity contribution in [2.24, 2.45) is 5.92 Å². The minimum atomic E-state index is 0. The molecule has 2 heteroatoms. The summed E-state index contributed by atoms with van der Waals surface area (Å²) in [5.74, 6) is 0.583. The van der Waals surface area contributed by atoms with Crippen LogP contribution in [0.15, 0.2) is 0 Å². The van der Waals surface area contributed by atoms with E-state index in [0.29, 0.717) is 5.92 Å².